The molecule has 0 fully saturated rings. The molecular formula is C22H19FN2O2. The molecule has 27 heavy (non-hydrogen) atoms. The lowest BCUT2D eigenvalue weighted by Crippen LogP contribution is -2.38. The first-order valence-corrected chi connectivity index (χ1v) is 8.89. The fraction of sp³-hybridized carbons (Fsp3) is 0.182. The van der Waals surface area contributed by atoms with Crippen molar-refractivity contribution in [1.29, 1.82) is 0 Å². The van der Waals surface area contributed by atoms with Crippen molar-refractivity contribution in [2.24, 2.45) is 0 Å². The highest BCUT2D eigenvalue weighted by atomic mass is 19.1. The van der Waals surface area contributed by atoms with Gasteiger partial charge in [0.05, 0.1) is 6.04 Å². The fourth-order valence-corrected chi connectivity index (χ4v) is 3.46. The molecular weight excluding hydrogens is 343 g/mol. The zero-order valence-electron chi connectivity index (χ0n) is 14.9. The maximum Gasteiger partial charge on any atom is 0.254 e. The van der Waals surface area contributed by atoms with Crippen LogP contribution in [0.2, 0.25) is 0 Å². The van der Waals surface area contributed by atoms with Gasteiger partial charge in [0.2, 0.25) is 0 Å². The summed E-state index contributed by atoms with van der Waals surface area (Å²) >= 11 is 0. The van der Waals surface area contributed by atoms with Gasteiger partial charge in [0.25, 0.3) is 5.91 Å². The first-order chi connectivity index (χ1) is 13.1. The number of hydrogen-bond acceptors (Lipinski definition) is 3. The van der Waals surface area contributed by atoms with Gasteiger partial charge in [-0.2, -0.15) is 0 Å². The van der Waals surface area contributed by atoms with Crippen LogP contribution in [-0.2, 0) is 6.42 Å². The topological polar surface area (TPSA) is 42.4 Å². The number of aromatic nitrogens is 1. The maximum atomic E-state index is 13.7. The molecule has 0 aliphatic carbocycles. The number of benzene rings is 2. The van der Waals surface area contributed by atoms with E-state index < -0.39 is 0 Å². The molecule has 0 bridgehead atoms. The van der Waals surface area contributed by atoms with Gasteiger partial charge in [-0.25, -0.2) is 4.39 Å². The molecule has 5 heteroatoms. The van der Waals surface area contributed by atoms with Crippen LogP contribution in [0.3, 0.4) is 0 Å². The molecule has 136 valence electrons. The Kier molecular flexibility index (Phi) is 4.59. The lowest BCUT2D eigenvalue weighted by atomic mass is 9.93. The van der Waals surface area contributed by atoms with Crippen molar-refractivity contribution in [2.45, 2.75) is 19.4 Å². The molecule has 1 amide bonds. The standard InChI is InChI=1S/C22H19FN2O2/c1-15-21-14-18(23)6-5-16(21)9-12-25(15)22(26)17-3-2-4-20(13-17)27-19-7-10-24-11-8-19/h2-8,10-11,13-15H,9,12H2,1H3. The van der Waals surface area contributed by atoms with E-state index in [1.54, 1.807) is 47.6 Å². The highest BCUT2D eigenvalue weighted by molar-refractivity contribution is 5.95. The van der Waals surface area contributed by atoms with Gasteiger partial charge in [0, 0.05) is 24.5 Å². The summed E-state index contributed by atoms with van der Waals surface area (Å²) in [7, 11) is 0. The second kappa shape index (κ2) is 7.19. The van der Waals surface area contributed by atoms with Gasteiger partial charge in [0.1, 0.15) is 17.3 Å². The molecule has 3 aromatic rings. The number of amides is 1. The Labute approximate surface area is 157 Å². The lowest BCUT2D eigenvalue weighted by molar-refractivity contribution is 0.0677. The number of pyridine rings is 1. The highest BCUT2D eigenvalue weighted by Gasteiger charge is 2.28. The van der Waals surface area contributed by atoms with E-state index >= 15 is 0 Å². The van der Waals surface area contributed by atoms with E-state index in [1.807, 2.05) is 19.1 Å². The van der Waals surface area contributed by atoms with E-state index in [4.69, 9.17) is 4.74 Å². The molecule has 4 nitrogen and oxygen atoms in total. The Morgan fingerprint density at radius 3 is 2.74 bits per heavy atom. The lowest BCUT2D eigenvalue weighted by Gasteiger charge is -2.35. The second-order valence-corrected chi connectivity index (χ2v) is 6.58. The number of rotatable bonds is 3. The van der Waals surface area contributed by atoms with Crippen molar-refractivity contribution >= 4 is 5.91 Å². The Morgan fingerprint density at radius 1 is 1.11 bits per heavy atom. The Balaban J connectivity index is 1.57. The first kappa shape index (κ1) is 17.2. The van der Waals surface area contributed by atoms with Crippen LogP contribution in [0.5, 0.6) is 11.5 Å². The van der Waals surface area contributed by atoms with Crippen molar-refractivity contribution in [2.75, 3.05) is 6.54 Å². The van der Waals surface area contributed by atoms with Crippen molar-refractivity contribution < 1.29 is 13.9 Å². The van der Waals surface area contributed by atoms with Crippen molar-refractivity contribution in [3.05, 3.63) is 89.5 Å². The van der Waals surface area contributed by atoms with E-state index in [2.05, 4.69) is 4.98 Å². The van der Waals surface area contributed by atoms with Gasteiger partial charge in [-0.1, -0.05) is 12.1 Å². The number of nitrogens with zero attached hydrogens (tertiary/aromatic N) is 2. The summed E-state index contributed by atoms with van der Waals surface area (Å²) in [6, 6.07) is 15.3. The summed E-state index contributed by atoms with van der Waals surface area (Å²) in [6.45, 7) is 2.54. The number of halogens is 1. The molecule has 4 rings (SSSR count). The normalized spacial score (nSPS) is 15.9. The fourth-order valence-electron chi connectivity index (χ4n) is 3.46. The molecule has 0 saturated carbocycles. The van der Waals surface area contributed by atoms with Crippen LogP contribution in [0.15, 0.2) is 67.0 Å². The van der Waals surface area contributed by atoms with Crippen LogP contribution in [0, 0.1) is 5.82 Å². The Hall–Kier alpha value is -3.21. The van der Waals surface area contributed by atoms with Gasteiger partial charge < -0.3 is 9.64 Å². The predicted molar refractivity (Wildman–Crippen MR) is 100 cm³/mol. The van der Waals surface area contributed by atoms with Gasteiger partial charge in [-0.05, 0) is 66.9 Å². The van der Waals surface area contributed by atoms with Crippen LogP contribution in [0.1, 0.15) is 34.5 Å². The molecule has 1 aliphatic rings. The van der Waals surface area contributed by atoms with E-state index in [-0.39, 0.29) is 17.8 Å². The molecule has 0 radical (unpaired) electrons. The summed E-state index contributed by atoms with van der Waals surface area (Å²) in [4.78, 5) is 18.8. The molecule has 2 aromatic carbocycles. The largest absolute Gasteiger partial charge is 0.457 e. The number of fused-ring (bicyclic) bond motifs is 1. The molecule has 2 heterocycles. The zero-order chi connectivity index (χ0) is 18.8. The minimum absolute atomic E-state index is 0.0856. The number of carbonyl (C=O) groups excluding carboxylic acids is 1. The summed E-state index contributed by atoms with van der Waals surface area (Å²) in [5, 5.41) is 0. The molecule has 1 aliphatic heterocycles. The van der Waals surface area contributed by atoms with Gasteiger partial charge >= 0.3 is 0 Å². The quantitative estimate of drug-likeness (QED) is 0.674. The van der Waals surface area contributed by atoms with Crippen molar-refractivity contribution in [3.63, 3.8) is 0 Å². The predicted octanol–water partition coefficient (Wildman–Crippen LogP) is 4.77. The minimum Gasteiger partial charge on any atom is -0.457 e. The highest BCUT2D eigenvalue weighted by Crippen LogP contribution is 2.31. The summed E-state index contributed by atoms with van der Waals surface area (Å²) in [5.74, 6) is 0.883. The average molecular weight is 362 g/mol. The summed E-state index contributed by atoms with van der Waals surface area (Å²) in [6.07, 6.45) is 4.02. The maximum absolute atomic E-state index is 13.7. The molecule has 0 saturated heterocycles. The molecule has 0 spiro atoms. The SMILES string of the molecule is CC1c2cc(F)ccc2CCN1C(=O)c1cccc(Oc2ccncc2)c1. The third-order valence-electron chi connectivity index (χ3n) is 4.87. The van der Waals surface area contributed by atoms with Gasteiger partial charge in [-0.3, -0.25) is 9.78 Å². The van der Waals surface area contributed by atoms with Crippen LogP contribution in [0.25, 0.3) is 0 Å². The molecule has 1 unspecified atom stereocenters. The summed E-state index contributed by atoms with van der Waals surface area (Å²) in [5.41, 5.74) is 2.52. The van der Waals surface area contributed by atoms with Crippen LogP contribution in [0.4, 0.5) is 4.39 Å². The minimum atomic E-state index is -0.275. The van der Waals surface area contributed by atoms with E-state index in [1.165, 1.54) is 12.1 Å². The monoisotopic (exact) mass is 362 g/mol. The van der Waals surface area contributed by atoms with Gasteiger partial charge in [-0.15, -0.1) is 0 Å². The molecule has 0 N–H and O–H groups in total. The summed E-state index contributed by atoms with van der Waals surface area (Å²) < 4.78 is 19.4. The van der Waals surface area contributed by atoms with Crippen molar-refractivity contribution in [3.8, 4) is 11.5 Å². The number of hydrogen-bond donors (Lipinski definition) is 0. The number of carbonyl (C=O) groups is 1. The van der Waals surface area contributed by atoms with E-state index in [9.17, 15) is 9.18 Å². The van der Waals surface area contributed by atoms with Gasteiger partial charge in [0.15, 0.2) is 0 Å². The van der Waals surface area contributed by atoms with Crippen LogP contribution < -0.4 is 4.74 Å². The van der Waals surface area contributed by atoms with E-state index in [0.29, 0.717) is 23.6 Å². The van der Waals surface area contributed by atoms with E-state index in [0.717, 1.165) is 17.5 Å². The Morgan fingerprint density at radius 2 is 1.93 bits per heavy atom. The first-order valence-electron chi connectivity index (χ1n) is 8.89. The second-order valence-electron chi connectivity index (χ2n) is 6.58. The van der Waals surface area contributed by atoms with Crippen LogP contribution in [-0.4, -0.2) is 22.3 Å². The zero-order valence-corrected chi connectivity index (χ0v) is 14.9. The number of ether oxygens (including phenoxy) is 1. The Bertz CT molecular complexity index is 975. The van der Waals surface area contributed by atoms with Crippen LogP contribution >= 0.6 is 0 Å². The molecule has 1 atom stereocenters. The smallest absolute Gasteiger partial charge is 0.254 e. The third kappa shape index (κ3) is 3.53. The molecule has 1 aromatic heterocycles. The van der Waals surface area contributed by atoms with Crippen molar-refractivity contribution in [1.82, 2.24) is 9.88 Å². The third-order valence-corrected chi connectivity index (χ3v) is 4.87. The average Bonchev–Trinajstić information content (AvgIpc) is 2.69.